The number of carbonyl (C=O) groups is 1. The summed E-state index contributed by atoms with van der Waals surface area (Å²) < 4.78 is 1.92. The van der Waals surface area contributed by atoms with E-state index < -0.39 is 0 Å². The topological polar surface area (TPSA) is 84.7 Å². The highest BCUT2D eigenvalue weighted by Gasteiger charge is 2.14. The molecule has 0 saturated carbocycles. The number of aromatic nitrogens is 4. The predicted octanol–water partition coefficient (Wildman–Crippen LogP) is 3.42. The molecule has 0 aliphatic carbocycles. The molecule has 3 aromatic rings. The zero-order valence-electron chi connectivity index (χ0n) is 17.7. The van der Waals surface area contributed by atoms with Gasteiger partial charge in [0.15, 0.2) is 0 Å². The van der Waals surface area contributed by atoms with E-state index in [1.54, 1.807) is 6.33 Å². The summed E-state index contributed by atoms with van der Waals surface area (Å²) in [5.74, 6) is 1.37. The van der Waals surface area contributed by atoms with Gasteiger partial charge < -0.3 is 10.6 Å². The van der Waals surface area contributed by atoms with E-state index in [2.05, 4.69) is 46.4 Å². The molecule has 152 valence electrons. The molecule has 2 heterocycles. The Kier molecular flexibility index (Phi) is 5.96. The van der Waals surface area contributed by atoms with E-state index in [-0.39, 0.29) is 11.3 Å². The lowest BCUT2D eigenvalue weighted by Crippen LogP contribution is -2.29. The van der Waals surface area contributed by atoms with Gasteiger partial charge in [0.1, 0.15) is 24.3 Å². The molecule has 7 heteroatoms. The van der Waals surface area contributed by atoms with Crippen molar-refractivity contribution in [3.8, 4) is 5.82 Å². The summed E-state index contributed by atoms with van der Waals surface area (Å²) in [6, 6.07) is 9.62. The molecule has 0 radical (unpaired) electrons. The third-order valence-corrected chi connectivity index (χ3v) is 4.88. The number of amides is 1. The van der Waals surface area contributed by atoms with Crippen LogP contribution in [0.1, 0.15) is 48.1 Å². The molecule has 0 atom stereocenters. The van der Waals surface area contributed by atoms with Crippen LogP contribution in [-0.4, -0.2) is 38.5 Å². The quantitative estimate of drug-likeness (QED) is 0.628. The summed E-state index contributed by atoms with van der Waals surface area (Å²) in [4.78, 5) is 25.2. The fraction of sp³-hybridized carbons (Fsp3) is 0.364. The first-order valence-corrected chi connectivity index (χ1v) is 9.71. The number of anilines is 1. The normalized spacial score (nSPS) is 11.3. The number of nitrogens with one attached hydrogen (secondary N) is 2. The monoisotopic (exact) mass is 392 g/mol. The second-order valence-corrected chi connectivity index (χ2v) is 8.06. The van der Waals surface area contributed by atoms with Crippen LogP contribution in [0.15, 0.2) is 43.0 Å². The fourth-order valence-electron chi connectivity index (χ4n) is 2.90. The Bertz CT molecular complexity index is 985. The number of aryl methyl sites for hydroxylation is 1. The minimum atomic E-state index is -0.0832. The third-order valence-electron chi connectivity index (χ3n) is 4.88. The average molecular weight is 393 g/mol. The molecule has 0 fully saturated rings. The number of hydrogen-bond acceptors (Lipinski definition) is 5. The first kappa shape index (κ1) is 20.5. The summed E-state index contributed by atoms with van der Waals surface area (Å²) in [5.41, 5.74) is 3.95. The van der Waals surface area contributed by atoms with Crippen molar-refractivity contribution in [1.29, 1.82) is 0 Å². The van der Waals surface area contributed by atoms with E-state index in [9.17, 15) is 4.79 Å². The smallest absolute Gasteiger partial charge is 0.251 e. The van der Waals surface area contributed by atoms with Crippen LogP contribution >= 0.6 is 0 Å². The van der Waals surface area contributed by atoms with Gasteiger partial charge in [-0.05, 0) is 37.0 Å². The second-order valence-electron chi connectivity index (χ2n) is 8.06. The Balaban J connectivity index is 1.52. The fourth-order valence-corrected chi connectivity index (χ4v) is 2.90. The molecule has 0 aliphatic rings. The lowest BCUT2D eigenvalue weighted by atomic mass is 9.87. The maximum atomic E-state index is 12.3. The highest BCUT2D eigenvalue weighted by atomic mass is 16.1. The van der Waals surface area contributed by atoms with Gasteiger partial charge in [-0.3, -0.25) is 9.36 Å². The van der Waals surface area contributed by atoms with Gasteiger partial charge in [-0.25, -0.2) is 15.0 Å². The van der Waals surface area contributed by atoms with E-state index >= 15 is 0 Å². The van der Waals surface area contributed by atoms with Crippen LogP contribution in [0.4, 0.5) is 5.82 Å². The van der Waals surface area contributed by atoms with E-state index in [0.29, 0.717) is 24.5 Å². The number of hydrogen-bond donors (Lipinski definition) is 2. The Morgan fingerprint density at radius 1 is 1.03 bits per heavy atom. The summed E-state index contributed by atoms with van der Waals surface area (Å²) in [6.07, 6.45) is 3.27. The van der Waals surface area contributed by atoms with Crippen LogP contribution in [0.25, 0.3) is 5.82 Å². The van der Waals surface area contributed by atoms with Gasteiger partial charge in [0, 0.05) is 30.4 Å². The molecule has 0 saturated heterocycles. The van der Waals surface area contributed by atoms with Crippen LogP contribution < -0.4 is 10.6 Å². The molecule has 7 nitrogen and oxygen atoms in total. The van der Waals surface area contributed by atoms with Crippen LogP contribution in [-0.2, 0) is 5.41 Å². The van der Waals surface area contributed by atoms with Crippen LogP contribution in [0.2, 0.25) is 0 Å². The number of rotatable bonds is 6. The number of carbonyl (C=O) groups excluding carboxylic acids is 1. The maximum absolute atomic E-state index is 12.3. The summed E-state index contributed by atoms with van der Waals surface area (Å²) in [6.45, 7) is 11.5. The van der Waals surface area contributed by atoms with Crippen molar-refractivity contribution in [1.82, 2.24) is 24.8 Å². The zero-order chi connectivity index (χ0) is 21.0. The lowest BCUT2D eigenvalue weighted by Gasteiger charge is -2.19. The molecule has 29 heavy (non-hydrogen) atoms. The van der Waals surface area contributed by atoms with E-state index in [0.717, 1.165) is 17.2 Å². The van der Waals surface area contributed by atoms with E-state index in [4.69, 9.17) is 0 Å². The summed E-state index contributed by atoms with van der Waals surface area (Å²) in [5, 5.41) is 6.14. The van der Waals surface area contributed by atoms with E-state index in [1.165, 1.54) is 11.9 Å². The van der Waals surface area contributed by atoms with Crippen molar-refractivity contribution in [2.24, 2.45) is 0 Å². The standard InChI is InChI=1S/C22H28N6O/c1-15-16(2)28(14-27-15)20-12-19(25-13-26-20)23-10-11-24-21(29)17-6-8-18(9-7-17)22(3,4)5/h6-9,12-14H,10-11H2,1-5H3,(H,24,29)(H,23,25,26). The maximum Gasteiger partial charge on any atom is 0.251 e. The Labute approximate surface area is 171 Å². The van der Waals surface area contributed by atoms with Crippen molar-refractivity contribution in [3.63, 3.8) is 0 Å². The van der Waals surface area contributed by atoms with Gasteiger partial charge in [-0.15, -0.1) is 0 Å². The molecule has 0 aliphatic heterocycles. The van der Waals surface area contributed by atoms with Crippen LogP contribution in [0.3, 0.4) is 0 Å². The summed E-state index contributed by atoms with van der Waals surface area (Å²) >= 11 is 0. The molecule has 1 aromatic carbocycles. The van der Waals surface area contributed by atoms with Crippen LogP contribution in [0.5, 0.6) is 0 Å². The molecule has 2 N–H and O–H groups in total. The summed E-state index contributed by atoms with van der Waals surface area (Å²) in [7, 11) is 0. The zero-order valence-corrected chi connectivity index (χ0v) is 17.7. The Morgan fingerprint density at radius 2 is 1.76 bits per heavy atom. The lowest BCUT2D eigenvalue weighted by molar-refractivity contribution is 0.0955. The molecule has 1 amide bonds. The van der Waals surface area contributed by atoms with Crippen molar-refractivity contribution >= 4 is 11.7 Å². The van der Waals surface area contributed by atoms with Crippen molar-refractivity contribution < 1.29 is 4.79 Å². The first-order valence-electron chi connectivity index (χ1n) is 9.71. The Morgan fingerprint density at radius 3 is 2.38 bits per heavy atom. The predicted molar refractivity (Wildman–Crippen MR) is 115 cm³/mol. The average Bonchev–Trinajstić information content (AvgIpc) is 3.03. The van der Waals surface area contributed by atoms with Crippen molar-refractivity contribution in [2.45, 2.75) is 40.0 Å². The number of imidazole rings is 1. The first-order chi connectivity index (χ1) is 13.8. The highest BCUT2D eigenvalue weighted by Crippen LogP contribution is 2.22. The van der Waals surface area contributed by atoms with Gasteiger partial charge in [0.2, 0.25) is 0 Å². The highest BCUT2D eigenvalue weighted by molar-refractivity contribution is 5.94. The molecular formula is C22H28N6O. The number of nitrogens with zero attached hydrogens (tertiary/aromatic N) is 4. The minimum absolute atomic E-state index is 0.0727. The molecular weight excluding hydrogens is 364 g/mol. The number of benzene rings is 1. The Hall–Kier alpha value is -3.22. The van der Waals surface area contributed by atoms with Crippen molar-refractivity contribution in [3.05, 3.63) is 65.5 Å². The van der Waals surface area contributed by atoms with Gasteiger partial charge in [-0.1, -0.05) is 32.9 Å². The molecule has 3 rings (SSSR count). The molecule has 0 unspecified atom stereocenters. The van der Waals surface area contributed by atoms with Gasteiger partial charge in [0.25, 0.3) is 5.91 Å². The van der Waals surface area contributed by atoms with Gasteiger partial charge in [-0.2, -0.15) is 0 Å². The van der Waals surface area contributed by atoms with Gasteiger partial charge >= 0.3 is 0 Å². The van der Waals surface area contributed by atoms with Crippen molar-refractivity contribution in [2.75, 3.05) is 18.4 Å². The largest absolute Gasteiger partial charge is 0.368 e. The van der Waals surface area contributed by atoms with Crippen LogP contribution in [0, 0.1) is 13.8 Å². The molecule has 2 aromatic heterocycles. The third kappa shape index (κ3) is 4.99. The van der Waals surface area contributed by atoms with Gasteiger partial charge in [0.05, 0.1) is 5.69 Å². The van der Waals surface area contributed by atoms with E-state index in [1.807, 2.05) is 48.7 Å². The molecule has 0 spiro atoms. The second kappa shape index (κ2) is 8.43. The SMILES string of the molecule is Cc1ncn(-c2cc(NCCNC(=O)c3ccc(C(C)(C)C)cc3)ncn2)c1C. The molecule has 0 bridgehead atoms. The minimum Gasteiger partial charge on any atom is -0.368 e.